The number of aromatic nitrogens is 1. The van der Waals surface area contributed by atoms with Crippen molar-refractivity contribution in [1.82, 2.24) is 15.0 Å². The number of nitrogens with one attached hydrogen (secondary N) is 2. The van der Waals surface area contributed by atoms with Crippen LogP contribution in [0.5, 0.6) is 0 Å². The predicted octanol–water partition coefficient (Wildman–Crippen LogP) is 0.420. The zero-order valence-corrected chi connectivity index (χ0v) is 10.6. The molecule has 2 N–H and O–H groups in total. The highest BCUT2D eigenvalue weighted by Crippen LogP contribution is 2.09. The van der Waals surface area contributed by atoms with Crippen molar-refractivity contribution in [3.05, 3.63) is 23.9 Å². The van der Waals surface area contributed by atoms with Crippen LogP contribution in [0, 0.1) is 6.92 Å². The topological polar surface area (TPSA) is 71.1 Å². The molecule has 1 saturated heterocycles. The molecular formula is C11H17N3O2S. The predicted molar refractivity (Wildman–Crippen MR) is 65.2 cm³/mol. The van der Waals surface area contributed by atoms with Crippen LogP contribution in [0.25, 0.3) is 0 Å². The van der Waals surface area contributed by atoms with E-state index in [2.05, 4.69) is 15.0 Å². The third-order valence-corrected chi connectivity index (χ3v) is 4.21. The average molecular weight is 255 g/mol. The van der Waals surface area contributed by atoms with Crippen LogP contribution in [0.4, 0.5) is 0 Å². The molecule has 0 spiro atoms. The lowest BCUT2D eigenvalue weighted by atomic mass is 10.1. The Morgan fingerprint density at radius 1 is 1.47 bits per heavy atom. The largest absolute Gasteiger partial charge is 0.315 e. The van der Waals surface area contributed by atoms with Gasteiger partial charge in [0.05, 0.1) is 0 Å². The van der Waals surface area contributed by atoms with E-state index in [0.717, 1.165) is 24.9 Å². The summed E-state index contributed by atoms with van der Waals surface area (Å²) < 4.78 is 26.7. The van der Waals surface area contributed by atoms with Gasteiger partial charge in [-0.1, -0.05) is 6.07 Å². The van der Waals surface area contributed by atoms with Crippen molar-refractivity contribution in [1.29, 1.82) is 0 Å². The fourth-order valence-corrected chi connectivity index (χ4v) is 3.04. The van der Waals surface area contributed by atoms with E-state index in [-0.39, 0.29) is 11.1 Å². The quantitative estimate of drug-likeness (QED) is 0.821. The van der Waals surface area contributed by atoms with Crippen LogP contribution < -0.4 is 10.0 Å². The van der Waals surface area contributed by atoms with Gasteiger partial charge in [0, 0.05) is 18.8 Å². The Balaban J connectivity index is 2.10. The molecule has 1 aliphatic rings. The lowest BCUT2D eigenvalue weighted by Crippen LogP contribution is -2.45. The number of pyridine rings is 1. The number of piperidine rings is 1. The number of hydrogen-bond donors (Lipinski definition) is 2. The van der Waals surface area contributed by atoms with Crippen molar-refractivity contribution in [3.63, 3.8) is 0 Å². The molecule has 94 valence electrons. The van der Waals surface area contributed by atoms with Crippen molar-refractivity contribution >= 4 is 10.0 Å². The SMILES string of the molecule is Cc1ccc(S(=O)(=O)N[C@@H]2CCCNC2)nc1. The first kappa shape index (κ1) is 12.5. The Morgan fingerprint density at radius 3 is 2.88 bits per heavy atom. The van der Waals surface area contributed by atoms with Gasteiger partial charge in [-0.05, 0) is 37.9 Å². The minimum Gasteiger partial charge on any atom is -0.315 e. The fraction of sp³-hybridized carbons (Fsp3) is 0.545. The Labute approximate surface area is 102 Å². The summed E-state index contributed by atoms with van der Waals surface area (Å²) in [6, 6.07) is 3.26. The first-order chi connectivity index (χ1) is 8.08. The van der Waals surface area contributed by atoms with Crippen LogP contribution in [-0.4, -0.2) is 32.5 Å². The second-order valence-corrected chi connectivity index (χ2v) is 6.00. The van der Waals surface area contributed by atoms with E-state index >= 15 is 0 Å². The van der Waals surface area contributed by atoms with Crippen molar-refractivity contribution in [3.8, 4) is 0 Å². The zero-order chi connectivity index (χ0) is 12.3. The van der Waals surface area contributed by atoms with Gasteiger partial charge in [0.25, 0.3) is 10.0 Å². The highest BCUT2D eigenvalue weighted by Gasteiger charge is 2.22. The number of hydrogen-bond acceptors (Lipinski definition) is 4. The van der Waals surface area contributed by atoms with Gasteiger partial charge < -0.3 is 5.32 Å². The Morgan fingerprint density at radius 2 is 2.29 bits per heavy atom. The maximum Gasteiger partial charge on any atom is 0.258 e. The molecular weight excluding hydrogens is 238 g/mol. The van der Waals surface area contributed by atoms with E-state index in [0.29, 0.717) is 6.54 Å². The highest BCUT2D eigenvalue weighted by molar-refractivity contribution is 7.89. The monoisotopic (exact) mass is 255 g/mol. The molecule has 0 amide bonds. The van der Waals surface area contributed by atoms with Crippen LogP contribution in [0.2, 0.25) is 0 Å². The van der Waals surface area contributed by atoms with Crippen LogP contribution in [0.3, 0.4) is 0 Å². The molecule has 0 saturated carbocycles. The first-order valence-electron chi connectivity index (χ1n) is 5.74. The molecule has 17 heavy (non-hydrogen) atoms. The van der Waals surface area contributed by atoms with Gasteiger partial charge in [0.1, 0.15) is 0 Å². The summed E-state index contributed by atoms with van der Waals surface area (Å²) in [5.74, 6) is 0. The van der Waals surface area contributed by atoms with Gasteiger partial charge in [-0.3, -0.25) is 0 Å². The third-order valence-electron chi connectivity index (χ3n) is 2.78. The third kappa shape index (κ3) is 3.24. The Kier molecular flexibility index (Phi) is 3.76. The van der Waals surface area contributed by atoms with E-state index in [9.17, 15) is 8.42 Å². The summed E-state index contributed by atoms with van der Waals surface area (Å²) in [6.45, 7) is 3.52. The summed E-state index contributed by atoms with van der Waals surface area (Å²) in [6.07, 6.45) is 3.43. The molecule has 0 aromatic carbocycles. The Bertz CT molecular complexity index is 464. The van der Waals surface area contributed by atoms with Gasteiger partial charge in [0.15, 0.2) is 5.03 Å². The number of rotatable bonds is 3. The summed E-state index contributed by atoms with van der Waals surface area (Å²) in [4.78, 5) is 3.94. The van der Waals surface area contributed by atoms with Crippen LogP contribution in [-0.2, 0) is 10.0 Å². The van der Waals surface area contributed by atoms with E-state index < -0.39 is 10.0 Å². The van der Waals surface area contributed by atoms with Crippen molar-refractivity contribution in [2.24, 2.45) is 0 Å². The molecule has 1 fully saturated rings. The van der Waals surface area contributed by atoms with Crippen LogP contribution in [0.15, 0.2) is 23.4 Å². The standard InChI is InChI=1S/C11H17N3O2S/c1-9-4-5-11(13-7-9)17(15,16)14-10-3-2-6-12-8-10/h4-5,7,10,12,14H,2-3,6,8H2,1H3/t10-/m1/s1. The number of sulfonamides is 1. The molecule has 6 heteroatoms. The van der Waals surface area contributed by atoms with Crippen molar-refractivity contribution < 1.29 is 8.42 Å². The maximum absolute atomic E-state index is 12.0. The van der Waals surface area contributed by atoms with Crippen LogP contribution >= 0.6 is 0 Å². The molecule has 0 unspecified atom stereocenters. The van der Waals surface area contributed by atoms with E-state index in [4.69, 9.17) is 0 Å². The van der Waals surface area contributed by atoms with Gasteiger partial charge in [-0.2, -0.15) is 0 Å². The van der Waals surface area contributed by atoms with E-state index in [1.165, 1.54) is 6.07 Å². The van der Waals surface area contributed by atoms with Gasteiger partial charge in [-0.25, -0.2) is 18.1 Å². The summed E-state index contributed by atoms with van der Waals surface area (Å²) in [5.41, 5.74) is 0.947. The number of nitrogens with zero attached hydrogens (tertiary/aromatic N) is 1. The minimum absolute atomic E-state index is 0.0307. The van der Waals surface area contributed by atoms with Crippen molar-refractivity contribution in [2.45, 2.75) is 30.8 Å². The van der Waals surface area contributed by atoms with Crippen LogP contribution in [0.1, 0.15) is 18.4 Å². The lowest BCUT2D eigenvalue weighted by molar-refractivity contribution is 0.428. The lowest BCUT2D eigenvalue weighted by Gasteiger charge is -2.23. The average Bonchev–Trinajstić information content (AvgIpc) is 2.30. The minimum atomic E-state index is -3.48. The first-order valence-corrected chi connectivity index (χ1v) is 7.22. The highest BCUT2D eigenvalue weighted by atomic mass is 32.2. The molecule has 0 bridgehead atoms. The van der Waals surface area contributed by atoms with E-state index in [1.807, 2.05) is 6.92 Å². The fourth-order valence-electron chi connectivity index (χ4n) is 1.85. The summed E-state index contributed by atoms with van der Waals surface area (Å²) in [7, 11) is -3.48. The zero-order valence-electron chi connectivity index (χ0n) is 9.81. The molecule has 2 heterocycles. The molecule has 0 radical (unpaired) electrons. The molecule has 1 aromatic rings. The molecule has 1 aromatic heterocycles. The molecule has 2 rings (SSSR count). The van der Waals surface area contributed by atoms with E-state index in [1.54, 1.807) is 12.3 Å². The normalized spacial score (nSPS) is 21.4. The molecule has 5 nitrogen and oxygen atoms in total. The van der Waals surface area contributed by atoms with Gasteiger partial charge in [0.2, 0.25) is 0 Å². The summed E-state index contributed by atoms with van der Waals surface area (Å²) in [5, 5.41) is 3.26. The van der Waals surface area contributed by atoms with Crippen molar-refractivity contribution in [2.75, 3.05) is 13.1 Å². The summed E-state index contributed by atoms with van der Waals surface area (Å²) >= 11 is 0. The van der Waals surface area contributed by atoms with Gasteiger partial charge in [-0.15, -0.1) is 0 Å². The second-order valence-electron chi connectivity index (χ2n) is 4.34. The maximum atomic E-state index is 12.0. The van der Waals surface area contributed by atoms with Gasteiger partial charge >= 0.3 is 0 Å². The second kappa shape index (κ2) is 5.12. The smallest absolute Gasteiger partial charge is 0.258 e. The number of aryl methyl sites for hydroxylation is 1. The molecule has 0 aliphatic carbocycles. The Hall–Kier alpha value is -0.980. The molecule has 1 atom stereocenters. The molecule has 1 aliphatic heterocycles.